The highest BCUT2D eigenvalue weighted by Crippen LogP contribution is 2.30. The van der Waals surface area contributed by atoms with Crippen molar-refractivity contribution in [1.29, 1.82) is 0 Å². The number of hydrogen-bond donors (Lipinski definition) is 1. The number of benzene rings is 1. The van der Waals surface area contributed by atoms with Gasteiger partial charge in [0.1, 0.15) is 4.90 Å². The van der Waals surface area contributed by atoms with Crippen molar-refractivity contribution in [2.75, 3.05) is 13.1 Å². The van der Waals surface area contributed by atoms with Gasteiger partial charge in [0.25, 0.3) is 0 Å². The molecule has 0 radical (unpaired) electrons. The van der Waals surface area contributed by atoms with Gasteiger partial charge in [-0.3, -0.25) is 0 Å². The number of nitrogens with zero attached hydrogens (tertiary/aromatic N) is 1. The molecule has 2 rings (SSSR count). The molecule has 1 aliphatic heterocycles. The van der Waals surface area contributed by atoms with Gasteiger partial charge in [-0.1, -0.05) is 13.8 Å². The van der Waals surface area contributed by atoms with E-state index in [1.54, 1.807) is 0 Å². The van der Waals surface area contributed by atoms with Crippen LogP contribution in [0.4, 0.5) is 8.78 Å². The van der Waals surface area contributed by atoms with E-state index in [0.29, 0.717) is 0 Å². The lowest BCUT2D eigenvalue weighted by Crippen LogP contribution is -2.30. The molecule has 0 bridgehead atoms. The number of aliphatic hydroxyl groups is 1. The summed E-state index contributed by atoms with van der Waals surface area (Å²) in [4.78, 5) is -0.706. The monoisotopic (exact) mass is 305 g/mol. The van der Waals surface area contributed by atoms with Crippen molar-refractivity contribution < 1.29 is 22.3 Å². The van der Waals surface area contributed by atoms with E-state index in [2.05, 4.69) is 0 Å². The third-order valence-corrected chi connectivity index (χ3v) is 5.64. The van der Waals surface area contributed by atoms with E-state index in [4.69, 9.17) is 5.11 Å². The number of hydrogen-bond acceptors (Lipinski definition) is 3. The first-order chi connectivity index (χ1) is 9.27. The fourth-order valence-corrected chi connectivity index (χ4v) is 4.07. The summed E-state index contributed by atoms with van der Waals surface area (Å²) in [6.45, 7) is 3.86. The summed E-state index contributed by atoms with van der Waals surface area (Å²) in [7, 11) is -4.08. The maximum Gasteiger partial charge on any atom is 0.246 e. The van der Waals surface area contributed by atoms with E-state index < -0.39 is 33.2 Å². The van der Waals surface area contributed by atoms with E-state index in [9.17, 15) is 17.2 Å². The third kappa shape index (κ3) is 2.57. The summed E-state index contributed by atoms with van der Waals surface area (Å²) >= 11 is 0. The Balaban J connectivity index is 2.47. The molecule has 0 amide bonds. The second-order valence-corrected chi connectivity index (χ2v) is 7.23. The molecule has 7 heteroatoms. The summed E-state index contributed by atoms with van der Waals surface area (Å²) in [6, 6.07) is 1.78. The van der Waals surface area contributed by atoms with Gasteiger partial charge >= 0.3 is 0 Å². The van der Waals surface area contributed by atoms with Gasteiger partial charge in [0.15, 0.2) is 11.6 Å². The Bertz CT molecular complexity index is 608. The molecule has 1 aromatic rings. The second kappa shape index (κ2) is 5.38. The first-order valence-corrected chi connectivity index (χ1v) is 7.80. The van der Waals surface area contributed by atoms with Crippen LogP contribution in [0.1, 0.15) is 19.4 Å². The van der Waals surface area contributed by atoms with Crippen LogP contribution in [0.5, 0.6) is 0 Å². The van der Waals surface area contributed by atoms with Gasteiger partial charge in [-0.15, -0.1) is 0 Å². The zero-order valence-corrected chi connectivity index (χ0v) is 12.1. The summed E-state index contributed by atoms with van der Waals surface area (Å²) in [5, 5.41) is 9.00. The van der Waals surface area contributed by atoms with Crippen LogP contribution >= 0.6 is 0 Å². The maximum atomic E-state index is 13.8. The lowest BCUT2D eigenvalue weighted by Gasteiger charge is -2.17. The van der Waals surface area contributed by atoms with Gasteiger partial charge in [-0.25, -0.2) is 17.2 Å². The standard InChI is InChI=1S/C13H17F2NO3S/c1-8-5-16(6-9(8)2)20(18,19)12-4-10(7-17)3-11(14)13(12)15/h3-4,8-9,17H,5-7H2,1-2H3. The number of halogens is 2. The van der Waals surface area contributed by atoms with Crippen LogP contribution in [-0.4, -0.2) is 30.9 Å². The highest BCUT2D eigenvalue weighted by atomic mass is 32.2. The molecule has 2 unspecified atom stereocenters. The number of sulfonamides is 1. The first-order valence-electron chi connectivity index (χ1n) is 6.36. The molecule has 112 valence electrons. The highest BCUT2D eigenvalue weighted by Gasteiger charge is 2.37. The van der Waals surface area contributed by atoms with Gasteiger partial charge in [-0.2, -0.15) is 4.31 Å². The van der Waals surface area contributed by atoms with Gasteiger partial charge < -0.3 is 5.11 Å². The van der Waals surface area contributed by atoms with Crippen molar-refractivity contribution in [2.45, 2.75) is 25.3 Å². The molecule has 4 nitrogen and oxygen atoms in total. The molecule has 1 fully saturated rings. The fourth-order valence-electron chi connectivity index (χ4n) is 2.31. The molecule has 1 aromatic carbocycles. The number of rotatable bonds is 3. The van der Waals surface area contributed by atoms with Crippen LogP contribution in [0, 0.1) is 23.5 Å². The zero-order valence-electron chi connectivity index (χ0n) is 11.3. The van der Waals surface area contributed by atoms with Crippen molar-refractivity contribution in [3.05, 3.63) is 29.3 Å². The summed E-state index contributed by atoms with van der Waals surface area (Å²) in [5.41, 5.74) is 0.0303. The molecular weight excluding hydrogens is 288 g/mol. The van der Waals surface area contributed by atoms with E-state index in [1.165, 1.54) is 4.31 Å². The average molecular weight is 305 g/mol. The van der Waals surface area contributed by atoms with Crippen molar-refractivity contribution in [3.8, 4) is 0 Å². The van der Waals surface area contributed by atoms with Crippen LogP contribution in [0.15, 0.2) is 17.0 Å². The van der Waals surface area contributed by atoms with Crippen molar-refractivity contribution in [2.24, 2.45) is 11.8 Å². The van der Waals surface area contributed by atoms with Crippen molar-refractivity contribution >= 4 is 10.0 Å². The Hall–Kier alpha value is -1.05. The van der Waals surface area contributed by atoms with Crippen LogP contribution in [0.3, 0.4) is 0 Å². The Morgan fingerprint density at radius 3 is 2.30 bits per heavy atom. The zero-order chi connectivity index (χ0) is 15.1. The highest BCUT2D eigenvalue weighted by molar-refractivity contribution is 7.89. The molecule has 0 saturated carbocycles. The SMILES string of the molecule is CC1CN(S(=O)(=O)c2cc(CO)cc(F)c2F)CC1C. The minimum absolute atomic E-state index is 0.0303. The molecule has 0 aliphatic carbocycles. The largest absolute Gasteiger partial charge is 0.392 e. The molecule has 0 aromatic heterocycles. The molecule has 1 aliphatic rings. The summed E-state index contributed by atoms with van der Waals surface area (Å²) < 4.78 is 53.2. The Kier molecular flexibility index (Phi) is 4.13. The molecule has 20 heavy (non-hydrogen) atoms. The second-order valence-electron chi connectivity index (χ2n) is 5.32. The molecule has 2 atom stereocenters. The predicted molar refractivity (Wildman–Crippen MR) is 69.4 cm³/mol. The predicted octanol–water partition coefficient (Wildman–Crippen LogP) is 1.73. The van der Waals surface area contributed by atoms with Gasteiger partial charge in [0.2, 0.25) is 10.0 Å². The Morgan fingerprint density at radius 1 is 1.25 bits per heavy atom. The van der Waals surface area contributed by atoms with E-state index in [0.717, 1.165) is 12.1 Å². The molecule has 1 saturated heterocycles. The summed E-state index contributed by atoms with van der Waals surface area (Å²) in [5.74, 6) is -2.33. The van der Waals surface area contributed by atoms with Crippen LogP contribution < -0.4 is 0 Å². The molecular formula is C13H17F2NO3S. The fraction of sp³-hybridized carbons (Fsp3) is 0.538. The smallest absolute Gasteiger partial charge is 0.246 e. The van der Waals surface area contributed by atoms with Gasteiger partial charge in [0.05, 0.1) is 6.61 Å². The lowest BCUT2D eigenvalue weighted by molar-refractivity contribution is 0.280. The minimum atomic E-state index is -4.08. The topological polar surface area (TPSA) is 57.6 Å². The van der Waals surface area contributed by atoms with Gasteiger partial charge in [-0.05, 0) is 29.5 Å². The minimum Gasteiger partial charge on any atom is -0.392 e. The number of aliphatic hydroxyl groups excluding tert-OH is 1. The van der Waals surface area contributed by atoms with E-state index >= 15 is 0 Å². The van der Waals surface area contributed by atoms with Crippen LogP contribution in [-0.2, 0) is 16.6 Å². The van der Waals surface area contributed by atoms with Gasteiger partial charge in [0, 0.05) is 13.1 Å². The van der Waals surface area contributed by atoms with Crippen LogP contribution in [0.2, 0.25) is 0 Å². The van der Waals surface area contributed by atoms with E-state index in [-0.39, 0.29) is 30.5 Å². The van der Waals surface area contributed by atoms with Crippen molar-refractivity contribution in [3.63, 3.8) is 0 Å². The Morgan fingerprint density at radius 2 is 1.80 bits per heavy atom. The quantitative estimate of drug-likeness (QED) is 0.925. The summed E-state index contributed by atoms with van der Waals surface area (Å²) in [6.07, 6.45) is 0. The normalized spacial score (nSPS) is 24.2. The van der Waals surface area contributed by atoms with E-state index in [1.807, 2.05) is 13.8 Å². The molecule has 0 spiro atoms. The Labute approximate surface area is 117 Å². The van der Waals surface area contributed by atoms with Crippen LogP contribution in [0.25, 0.3) is 0 Å². The maximum absolute atomic E-state index is 13.8. The molecule has 1 heterocycles. The molecule has 1 N–H and O–H groups in total. The average Bonchev–Trinajstić information content (AvgIpc) is 2.73. The first kappa shape index (κ1) is 15.3. The lowest BCUT2D eigenvalue weighted by atomic mass is 10.0. The van der Waals surface area contributed by atoms with Crippen molar-refractivity contribution in [1.82, 2.24) is 4.31 Å². The third-order valence-electron chi connectivity index (χ3n) is 3.81.